The van der Waals surface area contributed by atoms with Gasteiger partial charge in [-0.3, -0.25) is 9.69 Å². The molecule has 1 aromatic heterocycles. The van der Waals surface area contributed by atoms with Crippen molar-refractivity contribution in [2.75, 3.05) is 12.0 Å². The number of halogens is 1. The van der Waals surface area contributed by atoms with E-state index in [-0.39, 0.29) is 12.3 Å². The number of methoxy groups -OCH3 is 1. The van der Waals surface area contributed by atoms with Crippen LogP contribution >= 0.6 is 22.9 Å². The van der Waals surface area contributed by atoms with Gasteiger partial charge in [0.1, 0.15) is 11.3 Å². The number of amides is 1. The van der Waals surface area contributed by atoms with Crippen LogP contribution in [-0.4, -0.2) is 18.0 Å². The molecule has 4 rings (SSSR count). The molecule has 4 nitrogen and oxygen atoms in total. The standard InChI is InChI=1S/C23H19ClN2O2S/c1-28-18-12-10-16(11-13-18)14-21(27)26(15-17-6-3-2-4-7-17)23-25-22-19(24)8-5-9-20(22)29-23/h2-13H,14-15H2,1H3. The first-order chi connectivity index (χ1) is 14.1. The molecular weight excluding hydrogens is 404 g/mol. The molecule has 6 heteroatoms. The van der Waals surface area contributed by atoms with Crippen molar-refractivity contribution in [2.45, 2.75) is 13.0 Å². The van der Waals surface area contributed by atoms with E-state index in [2.05, 4.69) is 4.98 Å². The number of fused-ring (bicyclic) bond motifs is 1. The average molecular weight is 423 g/mol. The van der Waals surface area contributed by atoms with Crippen LogP contribution in [0.25, 0.3) is 10.2 Å². The summed E-state index contributed by atoms with van der Waals surface area (Å²) in [6, 6.07) is 23.1. The number of benzene rings is 3. The molecule has 0 aliphatic heterocycles. The van der Waals surface area contributed by atoms with Gasteiger partial charge in [-0.05, 0) is 35.4 Å². The number of para-hydroxylation sites is 1. The number of ether oxygens (including phenoxy) is 1. The van der Waals surface area contributed by atoms with E-state index in [0.29, 0.717) is 16.7 Å². The summed E-state index contributed by atoms with van der Waals surface area (Å²) in [7, 11) is 1.63. The third-order valence-electron chi connectivity index (χ3n) is 4.59. The predicted octanol–water partition coefficient (Wildman–Crippen LogP) is 5.73. The van der Waals surface area contributed by atoms with Gasteiger partial charge in [0.05, 0.1) is 29.8 Å². The maximum Gasteiger partial charge on any atom is 0.233 e. The van der Waals surface area contributed by atoms with Crippen molar-refractivity contribution in [3.05, 3.63) is 88.9 Å². The van der Waals surface area contributed by atoms with Crippen molar-refractivity contribution in [2.24, 2.45) is 0 Å². The number of thiazole rings is 1. The molecule has 0 saturated heterocycles. The van der Waals surface area contributed by atoms with Crippen LogP contribution in [0.3, 0.4) is 0 Å². The first-order valence-corrected chi connectivity index (χ1v) is 10.4. The lowest BCUT2D eigenvalue weighted by Gasteiger charge is -2.20. The molecule has 1 heterocycles. The summed E-state index contributed by atoms with van der Waals surface area (Å²) in [5, 5.41) is 1.24. The molecule has 0 bridgehead atoms. The fourth-order valence-corrected chi connectivity index (χ4v) is 4.34. The summed E-state index contributed by atoms with van der Waals surface area (Å²) in [6.45, 7) is 0.452. The second-order valence-electron chi connectivity index (χ2n) is 6.57. The van der Waals surface area contributed by atoms with E-state index in [1.54, 1.807) is 12.0 Å². The van der Waals surface area contributed by atoms with Crippen LogP contribution in [0.2, 0.25) is 5.02 Å². The molecule has 0 spiro atoms. The largest absolute Gasteiger partial charge is 0.497 e. The molecule has 0 aliphatic rings. The first kappa shape index (κ1) is 19.4. The van der Waals surface area contributed by atoms with Crippen LogP contribution in [0, 0.1) is 0 Å². The third kappa shape index (κ3) is 4.42. The summed E-state index contributed by atoms with van der Waals surface area (Å²) < 4.78 is 6.16. The van der Waals surface area contributed by atoms with Crippen molar-refractivity contribution in [1.82, 2.24) is 4.98 Å². The number of hydrogen-bond donors (Lipinski definition) is 0. The van der Waals surface area contributed by atoms with Gasteiger partial charge >= 0.3 is 0 Å². The SMILES string of the molecule is COc1ccc(CC(=O)N(Cc2ccccc2)c2nc3c(Cl)cccc3s2)cc1. The highest BCUT2D eigenvalue weighted by Gasteiger charge is 2.21. The van der Waals surface area contributed by atoms with E-state index in [1.807, 2.05) is 72.8 Å². The van der Waals surface area contributed by atoms with E-state index in [9.17, 15) is 4.79 Å². The number of hydrogen-bond acceptors (Lipinski definition) is 4. The molecule has 0 radical (unpaired) electrons. The number of aromatic nitrogens is 1. The quantitative estimate of drug-likeness (QED) is 0.398. The zero-order valence-electron chi connectivity index (χ0n) is 15.8. The maximum atomic E-state index is 13.3. The lowest BCUT2D eigenvalue weighted by Crippen LogP contribution is -2.31. The molecular formula is C23H19ClN2O2S. The summed E-state index contributed by atoms with van der Waals surface area (Å²) in [5.74, 6) is 0.748. The Bertz CT molecular complexity index is 1130. The highest BCUT2D eigenvalue weighted by atomic mass is 35.5. The van der Waals surface area contributed by atoms with Crippen molar-refractivity contribution < 1.29 is 9.53 Å². The average Bonchev–Trinajstić information content (AvgIpc) is 3.18. The van der Waals surface area contributed by atoms with Gasteiger partial charge in [-0.2, -0.15) is 0 Å². The fraction of sp³-hybridized carbons (Fsp3) is 0.130. The predicted molar refractivity (Wildman–Crippen MR) is 119 cm³/mol. The monoisotopic (exact) mass is 422 g/mol. The third-order valence-corrected chi connectivity index (χ3v) is 5.94. The highest BCUT2D eigenvalue weighted by Crippen LogP contribution is 2.33. The summed E-state index contributed by atoms with van der Waals surface area (Å²) in [6.07, 6.45) is 0.278. The number of rotatable bonds is 6. The van der Waals surface area contributed by atoms with Crippen LogP contribution in [-0.2, 0) is 17.8 Å². The minimum absolute atomic E-state index is 0.0193. The van der Waals surface area contributed by atoms with Crippen molar-refractivity contribution in [3.63, 3.8) is 0 Å². The Morgan fingerprint density at radius 2 is 1.76 bits per heavy atom. The minimum atomic E-state index is -0.0193. The molecule has 1 amide bonds. The molecule has 0 saturated carbocycles. The molecule has 0 N–H and O–H groups in total. The Morgan fingerprint density at radius 3 is 2.45 bits per heavy atom. The summed E-state index contributed by atoms with van der Waals surface area (Å²) >= 11 is 7.78. The fourth-order valence-electron chi connectivity index (χ4n) is 3.06. The molecule has 0 fully saturated rings. The van der Waals surface area contributed by atoms with E-state index >= 15 is 0 Å². The second kappa shape index (κ2) is 8.64. The van der Waals surface area contributed by atoms with Crippen LogP contribution in [0.4, 0.5) is 5.13 Å². The summed E-state index contributed by atoms with van der Waals surface area (Å²) in [4.78, 5) is 19.7. The highest BCUT2D eigenvalue weighted by molar-refractivity contribution is 7.22. The molecule has 29 heavy (non-hydrogen) atoms. The van der Waals surface area contributed by atoms with E-state index < -0.39 is 0 Å². The lowest BCUT2D eigenvalue weighted by molar-refractivity contribution is -0.118. The van der Waals surface area contributed by atoms with E-state index in [4.69, 9.17) is 16.3 Å². The molecule has 0 aliphatic carbocycles. The zero-order chi connectivity index (χ0) is 20.2. The topological polar surface area (TPSA) is 42.4 Å². The van der Waals surface area contributed by atoms with Crippen molar-refractivity contribution >= 4 is 44.2 Å². The van der Waals surface area contributed by atoms with Gasteiger partial charge in [0.25, 0.3) is 0 Å². The van der Waals surface area contributed by atoms with E-state index in [1.165, 1.54) is 11.3 Å². The molecule has 3 aromatic carbocycles. The molecule has 146 valence electrons. The molecule has 0 atom stereocenters. The number of anilines is 1. The first-order valence-electron chi connectivity index (χ1n) is 9.16. The van der Waals surface area contributed by atoms with Gasteiger partial charge in [0, 0.05) is 0 Å². The zero-order valence-corrected chi connectivity index (χ0v) is 17.4. The van der Waals surface area contributed by atoms with Gasteiger partial charge in [-0.1, -0.05) is 71.5 Å². The van der Waals surface area contributed by atoms with E-state index in [0.717, 1.165) is 27.1 Å². The Morgan fingerprint density at radius 1 is 1.00 bits per heavy atom. The van der Waals surface area contributed by atoms with Crippen molar-refractivity contribution in [1.29, 1.82) is 0 Å². The maximum absolute atomic E-state index is 13.3. The Balaban J connectivity index is 1.66. The second-order valence-corrected chi connectivity index (χ2v) is 7.99. The summed E-state index contributed by atoms with van der Waals surface area (Å²) in [5.41, 5.74) is 2.69. The van der Waals surface area contributed by atoms with Crippen LogP contribution in [0.1, 0.15) is 11.1 Å². The van der Waals surface area contributed by atoms with Gasteiger partial charge in [-0.25, -0.2) is 4.98 Å². The molecule has 0 unspecified atom stereocenters. The molecule has 4 aromatic rings. The van der Waals surface area contributed by atoms with Gasteiger partial charge in [-0.15, -0.1) is 0 Å². The Labute approximate surface area is 178 Å². The van der Waals surface area contributed by atoms with Gasteiger partial charge in [0.2, 0.25) is 5.91 Å². The minimum Gasteiger partial charge on any atom is -0.497 e. The van der Waals surface area contributed by atoms with Gasteiger partial charge in [0.15, 0.2) is 5.13 Å². The van der Waals surface area contributed by atoms with Crippen LogP contribution in [0.15, 0.2) is 72.8 Å². The number of carbonyl (C=O) groups is 1. The van der Waals surface area contributed by atoms with Crippen molar-refractivity contribution in [3.8, 4) is 5.75 Å². The smallest absolute Gasteiger partial charge is 0.233 e. The number of nitrogens with zero attached hydrogens (tertiary/aromatic N) is 2. The Hall–Kier alpha value is -2.89. The lowest BCUT2D eigenvalue weighted by atomic mass is 10.1. The Kier molecular flexibility index (Phi) is 5.79. The van der Waals surface area contributed by atoms with Crippen LogP contribution in [0.5, 0.6) is 5.75 Å². The number of carbonyl (C=O) groups excluding carboxylic acids is 1. The van der Waals surface area contributed by atoms with Gasteiger partial charge < -0.3 is 4.74 Å². The van der Waals surface area contributed by atoms with Crippen LogP contribution < -0.4 is 9.64 Å². The normalized spacial score (nSPS) is 10.8.